The van der Waals surface area contributed by atoms with E-state index in [1.54, 1.807) is 51.9 Å². The lowest BCUT2D eigenvalue weighted by Crippen LogP contribution is -2.32. The number of nitrogens with zero attached hydrogens (tertiary/aromatic N) is 3. The third-order valence-electron chi connectivity index (χ3n) is 6.25. The van der Waals surface area contributed by atoms with Crippen molar-refractivity contribution >= 4 is 27.3 Å². The van der Waals surface area contributed by atoms with E-state index >= 15 is 0 Å². The second-order valence-corrected chi connectivity index (χ2v) is 10.3. The predicted molar refractivity (Wildman–Crippen MR) is 128 cm³/mol. The van der Waals surface area contributed by atoms with Gasteiger partial charge in [-0.1, -0.05) is 31.0 Å². The van der Waals surface area contributed by atoms with Crippen molar-refractivity contribution in [3.63, 3.8) is 0 Å². The number of aromatic nitrogens is 1. The fourth-order valence-electron chi connectivity index (χ4n) is 4.53. The highest BCUT2D eigenvalue weighted by atomic mass is 32.2. The van der Waals surface area contributed by atoms with Gasteiger partial charge in [-0.15, -0.1) is 0 Å². The lowest BCUT2D eigenvalue weighted by Gasteiger charge is -2.27. The zero-order valence-electron chi connectivity index (χ0n) is 18.2. The SMILES string of the molecule is O=C1c2ccccc2C(Nc2ccc(S(=O)(=O)N3CCCCCC3)cc2)N1c1cccnc1. The van der Waals surface area contributed by atoms with Gasteiger partial charge < -0.3 is 5.32 Å². The molecule has 7 nitrogen and oxygen atoms in total. The summed E-state index contributed by atoms with van der Waals surface area (Å²) < 4.78 is 27.8. The third-order valence-corrected chi connectivity index (χ3v) is 8.16. The van der Waals surface area contributed by atoms with Gasteiger partial charge in [0.1, 0.15) is 6.17 Å². The highest BCUT2D eigenvalue weighted by Gasteiger charge is 2.37. The fraction of sp³-hybridized carbons (Fsp3) is 0.280. The summed E-state index contributed by atoms with van der Waals surface area (Å²) in [4.78, 5) is 19.3. The topological polar surface area (TPSA) is 82.6 Å². The molecule has 1 atom stereocenters. The molecule has 1 aromatic heterocycles. The number of carbonyl (C=O) groups is 1. The summed E-state index contributed by atoms with van der Waals surface area (Å²) in [6.45, 7) is 1.15. The molecular formula is C25H26N4O3S. The van der Waals surface area contributed by atoms with Crippen LogP contribution in [0.3, 0.4) is 0 Å². The molecule has 170 valence electrons. The number of sulfonamides is 1. The smallest absolute Gasteiger partial charge is 0.260 e. The van der Waals surface area contributed by atoms with Gasteiger partial charge in [0.2, 0.25) is 10.0 Å². The Morgan fingerprint density at radius 1 is 0.879 bits per heavy atom. The summed E-state index contributed by atoms with van der Waals surface area (Å²) in [6, 6.07) is 18.0. The van der Waals surface area contributed by atoms with Gasteiger partial charge >= 0.3 is 0 Å². The van der Waals surface area contributed by atoms with Crippen LogP contribution < -0.4 is 10.2 Å². The Morgan fingerprint density at radius 2 is 1.61 bits per heavy atom. The van der Waals surface area contributed by atoms with Crippen LogP contribution in [-0.2, 0) is 10.0 Å². The van der Waals surface area contributed by atoms with E-state index in [9.17, 15) is 13.2 Å². The van der Waals surface area contributed by atoms with Crippen molar-refractivity contribution in [2.75, 3.05) is 23.3 Å². The van der Waals surface area contributed by atoms with Crippen LogP contribution in [0.5, 0.6) is 0 Å². The standard InChI is InChI=1S/C25H26N4O3S/c30-25-23-10-4-3-9-22(23)24(29(25)20-8-7-15-26-18-20)27-19-11-13-21(14-12-19)33(31,32)28-16-5-1-2-6-17-28/h3-4,7-15,18,24,27H,1-2,5-6,16-17H2. The van der Waals surface area contributed by atoms with E-state index in [0.29, 0.717) is 29.2 Å². The number of fused-ring (bicyclic) bond motifs is 1. The quantitative estimate of drug-likeness (QED) is 0.607. The van der Waals surface area contributed by atoms with Gasteiger partial charge in [0.25, 0.3) is 5.91 Å². The Kier molecular flexibility index (Phi) is 5.86. The Balaban J connectivity index is 1.42. The minimum Gasteiger partial charge on any atom is -0.361 e. The lowest BCUT2D eigenvalue weighted by atomic mass is 10.1. The van der Waals surface area contributed by atoms with Crippen molar-refractivity contribution in [3.8, 4) is 0 Å². The molecule has 5 rings (SSSR count). The van der Waals surface area contributed by atoms with Crippen LogP contribution in [0.2, 0.25) is 0 Å². The van der Waals surface area contributed by atoms with E-state index in [1.165, 1.54) is 0 Å². The third kappa shape index (κ3) is 4.12. The zero-order chi connectivity index (χ0) is 22.8. The first kappa shape index (κ1) is 21.6. The molecule has 0 saturated carbocycles. The minimum atomic E-state index is -3.51. The van der Waals surface area contributed by atoms with E-state index in [4.69, 9.17) is 0 Å². The molecule has 1 amide bonds. The molecule has 0 spiro atoms. The molecule has 1 N–H and O–H groups in total. The molecule has 1 saturated heterocycles. The summed E-state index contributed by atoms with van der Waals surface area (Å²) >= 11 is 0. The average Bonchev–Trinajstić information content (AvgIpc) is 3.01. The molecule has 8 heteroatoms. The largest absolute Gasteiger partial charge is 0.361 e. The number of nitrogens with one attached hydrogen (secondary N) is 1. The molecule has 1 fully saturated rings. The first-order valence-corrected chi connectivity index (χ1v) is 12.7. The number of pyridine rings is 1. The first-order chi connectivity index (χ1) is 16.1. The van der Waals surface area contributed by atoms with Crippen LogP contribution >= 0.6 is 0 Å². The minimum absolute atomic E-state index is 0.100. The summed E-state index contributed by atoms with van der Waals surface area (Å²) in [5.41, 5.74) is 2.93. The lowest BCUT2D eigenvalue weighted by molar-refractivity contribution is 0.0993. The molecule has 3 aromatic rings. The van der Waals surface area contributed by atoms with Crippen LogP contribution in [0.4, 0.5) is 11.4 Å². The van der Waals surface area contributed by atoms with Crippen molar-refractivity contribution in [2.24, 2.45) is 0 Å². The number of anilines is 2. The van der Waals surface area contributed by atoms with Crippen molar-refractivity contribution in [3.05, 3.63) is 84.2 Å². The van der Waals surface area contributed by atoms with Gasteiger partial charge in [-0.05, 0) is 55.3 Å². The molecular weight excluding hydrogens is 436 g/mol. The van der Waals surface area contributed by atoms with Gasteiger partial charge in [-0.2, -0.15) is 4.31 Å². The van der Waals surface area contributed by atoms with Crippen LogP contribution in [0.25, 0.3) is 0 Å². The highest BCUT2D eigenvalue weighted by Crippen LogP contribution is 2.37. The Morgan fingerprint density at radius 3 is 2.30 bits per heavy atom. The van der Waals surface area contributed by atoms with E-state index in [-0.39, 0.29) is 5.91 Å². The maximum absolute atomic E-state index is 13.2. The van der Waals surface area contributed by atoms with E-state index in [1.807, 2.05) is 30.3 Å². The fourth-order valence-corrected chi connectivity index (χ4v) is 6.05. The number of amides is 1. The number of hydrogen-bond acceptors (Lipinski definition) is 5. The van der Waals surface area contributed by atoms with Gasteiger partial charge in [-0.25, -0.2) is 8.42 Å². The second kappa shape index (κ2) is 8.96. The van der Waals surface area contributed by atoms with Crippen molar-refractivity contribution in [1.82, 2.24) is 9.29 Å². The van der Waals surface area contributed by atoms with Crippen LogP contribution in [0.1, 0.15) is 47.8 Å². The summed E-state index contributed by atoms with van der Waals surface area (Å²) in [6.07, 6.45) is 6.86. The molecule has 1 unspecified atom stereocenters. The second-order valence-electron chi connectivity index (χ2n) is 8.36. The van der Waals surface area contributed by atoms with Crippen LogP contribution in [0, 0.1) is 0 Å². The van der Waals surface area contributed by atoms with Crippen LogP contribution in [-0.4, -0.2) is 36.7 Å². The maximum Gasteiger partial charge on any atom is 0.260 e. The Hall–Kier alpha value is -3.23. The zero-order valence-corrected chi connectivity index (χ0v) is 19.0. The summed E-state index contributed by atoms with van der Waals surface area (Å²) in [5, 5.41) is 3.41. The van der Waals surface area contributed by atoms with Gasteiger partial charge in [0.15, 0.2) is 0 Å². The molecule has 0 bridgehead atoms. The van der Waals surface area contributed by atoms with Gasteiger partial charge in [0.05, 0.1) is 16.8 Å². The molecule has 0 aliphatic carbocycles. The average molecular weight is 463 g/mol. The number of benzene rings is 2. The summed E-state index contributed by atoms with van der Waals surface area (Å²) in [7, 11) is -3.51. The number of hydrogen-bond donors (Lipinski definition) is 1. The van der Waals surface area contributed by atoms with Crippen molar-refractivity contribution < 1.29 is 13.2 Å². The highest BCUT2D eigenvalue weighted by molar-refractivity contribution is 7.89. The number of rotatable bonds is 5. The van der Waals surface area contributed by atoms with E-state index in [0.717, 1.165) is 36.9 Å². The molecule has 2 aliphatic rings. The molecule has 0 radical (unpaired) electrons. The molecule has 33 heavy (non-hydrogen) atoms. The summed E-state index contributed by atoms with van der Waals surface area (Å²) in [5.74, 6) is -0.100. The molecule has 3 heterocycles. The normalized spacial score (nSPS) is 19.2. The molecule has 2 aromatic carbocycles. The predicted octanol–water partition coefficient (Wildman–Crippen LogP) is 4.42. The number of carbonyl (C=O) groups excluding carboxylic acids is 1. The van der Waals surface area contributed by atoms with Gasteiger partial charge in [0, 0.05) is 36.1 Å². The van der Waals surface area contributed by atoms with E-state index in [2.05, 4.69) is 10.3 Å². The Bertz CT molecular complexity index is 1240. The van der Waals surface area contributed by atoms with Gasteiger partial charge in [-0.3, -0.25) is 14.7 Å². The maximum atomic E-state index is 13.2. The Labute approximate surface area is 194 Å². The van der Waals surface area contributed by atoms with Crippen molar-refractivity contribution in [2.45, 2.75) is 36.7 Å². The van der Waals surface area contributed by atoms with Crippen LogP contribution in [0.15, 0.2) is 78.0 Å². The molecule has 2 aliphatic heterocycles. The van der Waals surface area contributed by atoms with Crippen molar-refractivity contribution in [1.29, 1.82) is 0 Å². The first-order valence-electron chi connectivity index (χ1n) is 11.2. The monoisotopic (exact) mass is 462 g/mol. The van der Waals surface area contributed by atoms with E-state index < -0.39 is 16.2 Å².